The molecule has 1 fully saturated rings. The first kappa shape index (κ1) is 12.3. The van der Waals surface area contributed by atoms with Crippen LogP contribution in [0, 0.1) is 13.8 Å². The van der Waals surface area contributed by atoms with Crippen molar-refractivity contribution < 1.29 is 0 Å². The standard InChI is InChI=1S/C13H22N4/c1-10-8-13(16-11(2)15-10)17(3)9-12-6-4-5-7-14-12/h8,12,14H,4-7,9H2,1-3H3. The molecule has 0 spiro atoms. The Balaban J connectivity index is 2.00. The molecule has 1 aromatic rings. The van der Waals surface area contributed by atoms with Gasteiger partial charge in [0.1, 0.15) is 11.6 Å². The average Bonchev–Trinajstić information content (AvgIpc) is 2.29. The number of rotatable bonds is 3. The summed E-state index contributed by atoms with van der Waals surface area (Å²) in [4.78, 5) is 11.0. The molecule has 0 saturated carbocycles. The zero-order valence-corrected chi connectivity index (χ0v) is 11.0. The van der Waals surface area contributed by atoms with Gasteiger partial charge in [-0.15, -0.1) is 0 Å². The molecule has 1 unspecified atom stereocenters. The highest BCUT2D eigenvalue weighted by atomic mass is 15.2. The largest absolute Gasteiger partial charge is 0.358 e. The van der Waals surface area contributed by atoms with Crippen LogP contribution in [0.2, 0.25) is 0 Å². The Bertz CT molecular complexity index is 351. The minimum absolute atomic E-state index is 0.601. The number of nitrogens with zero attached hydrogens (tertiary/aromatic N) is 3. The molecule has 1 N–H and O–H groups in total. The second-order valence-electron chi connectivity index (χ2n) is 4.94. The van der Waals surface area contributed by atoms with E-state index in [4.69, 9.17) is 0 Å². The normalized spacial score (nSPS) is 20.3. The summed E-state index contributed by atoms with van der Waals surface area (Å²) in [5, 5.41) is 3.56. The number of likely N-dealkylation sites (N-methyl/N-ethyl adjacent to an activating group) is 1. The molecule has 94 valence electrons. The summed E-state index contributed by atoms with van der Waals surface area (Å²) in [7, 11) is 2.11. The molecule has 4 heteroatoms. The molecule has 1 saturated heterocycles. The second-order valence-corrected chi connectivity index (χ2v) is 4.94. The maximum atomic E-state index is 4.49. The number of aryl methyl sites for hydroxylation is 2. The van der Waals surface area contributed by atoms with Crippen LogP contribution in [-0.2, 0) is 0 Å². The van der Waals surface area contributed by atoms with Crippen LogP contribution in [0.15, 0.2) is 6.07 Å². The fourth-order valence-corrected chi connectivity index (χ4v) is 2.40. The minimum Gasteiger partial charge on any atom is -0.358 e. The van der Waals surface area contributed by atoms with E-state index in [1.807, 2.05) is 13.8 Å². The lowest BCUT2D eigenvalue weighted by Gasteiger charge is -2.29. The van der Waals surface area contributed by atoms with Crippen LogP contribution in [0.5, 0.6) is 0 Å². The Morgan fingerprint density at radius 1 is 1.35 bits per heavy atom. The van der Waals surface area contributed by atoms with Crippen molar-refractivity contribution in [2.75, 3.05) is 25.0 Å². The Labute approximate surface area is 103 Å². The Kier molecular flexibility index (Phi) is 3.94. The van der Waals surface area contributed by atoms with Crippen LogP contribution in [0.4, 0.5) is 5.82 Å². The van der Waals surface area contributed by atoms with Gasteiger partial charge in [-0.3, -0.25) is 0 Å². The molecule has 0 aromatic carbocycles. The maximum absolute atomic E-state index is 4.49. The summed E-state index contributed by atoms with van der Waals surface area (Å²) in [5.41, 5.74) is 1.04. The van der Waals surface area contributed by atoms with Gasteiger partial charge in [0, 0.05) is 31.4 Å². The quantitative estimate of drug-likeness (QED) is 0.864. The number of aromatic nitrogens is 2. The topological polar surface area (TPSA) is 41.0 Å². The zero-order valence-electron chi connectivity index (χ0n) is 11.0. The van der Waals surface area contributed by atoms with Gasteiger partial charge in [0.25, 0.3) is 0 Å². The highest BCUT2D eigenvalue weighted by Gasteiger charge is 2.15. The molecule has 0 aliphatic carbocycles. The van der Waals surface area contributed by atoms with E-state index in [1.165, 1.54) is 19.3 Å². The second kappa shape index (κ2) is 5.45. The van der Waals surface area contributed by atoms with E-state index in [0.717, 1.165) is 30.4 Å². The van der Waals surface area contributed by atoms with Crippen LogP contribution in [0.3, 0.4) is 0 Å². The van der Waals surface area contributed by atoms with Gasteiger partial charge in [-0.25, -0.2) is 9.97 Å². The van der Waals surface area contributed by atoms with Gasteiger partial charge in [0.2, 0.25) is 0 Å². The lowest BCUT2D eigenvalue weighted by atomic mass is 10.0. The van der Waals surface area contributed by atoms with Crippen molar-refractivity contribution in [3.63, 3.8) is 0 Å². The smallest absolute Gasteiger partial charge is 0.132 e. The molecular weight excluding hydrogens is 212 g/mol. The van der Waals surface area contributed by atoms with E-state index in [2.05, 4.69) is 33.3 Å². The third kappa shape index (κ3) is 3.40. The predicted molar refractivity (Wildman–Crippen MR) is 70.4 cm³/mol. The first-order valence-corrected chi connectivity index (χ1v) is 6.42. The van der Waals surface area contributed by atoms with E-state index in [-0.39, 0.29) is 0 Å². The van der Waals surface area contributed by atoms with Gasteiger partial charge < -0.3 is 10.2 Å². The molecule has 2 heterocycles. The van der Waals surface area contributed by atoms with Gasteiger partial charge in [-0.2, -0.15) is 0 Å². The third-order valence-electron chi connectivity index (χ3n) is 3.25. The summed E-state index contributed by atoms with van der Waals surface area (Å²) >= 11 is 0. The minimum atomic E-state index is 0.601. The van der Waals surface area contributed by atoms with E-state index in [9.17, 15) is 0 Å². The monoisotopic (exact) mass is 234 g/mol. The summed E-state index contributed by atoms with van der Waals surface area (Å²) in [6.07, 6.45) is 3.92. The molecule has 0 bridgehead atoms. The molecular formula is C13H22N4. The van der Waals surface area contributed by atoms with Crippen molar-refractivity contribution in [3.8, 4) is 0 Å². The molecule has 2 rings (SSSR count). The fraction of sp³-hybridized carbons (Fsp3) is 0.692. The van der Waals surface area contributed by atoms with Crippen molar-refractivity contribution in [2.45, 2.75) is 39.2 Å². The summed E-state index contributed by atoms with van der Waals surface area (Å²) in [6, 6.07) is 2.65. The summed E-state index contributed by atoms with van der Waals surface area (Å²) < 4.78 is 0. The molecule has 17 heavy (non-hydrogen) atoms. The molecule has 4 nitrogen and oxygen atoms in total. The van der Waals surface area contributed by atoms with Gasteiger partial charge in [-0.05, 0) is 33.2 Å². The van der Waals surface area contributed by atoms with Crippen molar-refractivity contribution in [3.05, 3.63) is 17.6 Å². The lowest BCUT2D eigenvalue weighted by Crippen LogP contribution is -2.42. The number of hydrogen-bond donors (Lipinski definition) is 1. The van der Waals surface area contributed by atoms with Crippen LogP contribution < -0.4 is 10.2 Å². The maximum Gasteiger partial charge on any atom is 0.132 e. The lowest BCUT2D eigenvalue weighted by molar-refractivity contribution is 0.403. The van der Waals surface area contributed by atoms with Crippen molar-refractivity contribution >= 4 is 5.82 Å². The van der Waals surface area contributed by atoms with Crippen molar-refractivity contribution in [1.82, 2.24) is 15.3 Å². The number of piperidine rings is 1. The Hall–Kier alpha value is -1.16. The highest BCUT2D eigenvalue weighted by Crippen LogP contribution is 2.14. The van der Waals surface area contributed by atoms with E-state index < -0.39 is 0 Å². The summed E-state index contributed by atoms with van der Waals surface area (Å²) in [5.74, 6) is 1.88. The molecule has 1 aromatic heterocycles. The van der Waals surface area contributed by atoms with E-state index in [1.54, 1.807) is 0 Å². The van der Waals surface area contributed by atoms with Crippen LogP contribution >= 0.6 is 0 Å². The SMILES string of the molecule is Cc1cc(N(C)CC2CCCCN2)nc(C)n1. The van der Waals surface area contributed by atoms with Crippen LogP contribution in [0.1, 0.15) is 30.8 Å². The average molecular weight is 234 g/mol. The van der Waals surface area contributed by atoms with Crippen LogP contribution in [0.25, 0.3) is 0 Å². The van der Waals surface area contributed by atoms with Crippen molar-refractivity contribution in [1.29, 1.82) is 0 Å². The van der Waals surface area contributed by atoms with Gasteiger partial charge in [0.15, 0.2) is 0 Å². The van der Waals surface area contributed by atoms with Gasteiger partial charge in [-0.1, -0.05) is 6.42 Å². The molecule has 1 aliphatic rings. The van der Waals surface area contributed by atoms with E-state index in [0.29, 0.717) is 6.04 Å². The van der Waals surface area contributed by atoms with Crippen LogP contribution in [-0.4, -0.2) is 36.1 Å². The highest BCUT2D eigenvalue weighted by molar-refractivity contribution is 5.38. The number of nitrogens with one attached hydrogen (secondary N) is 1. The Morgan fingerprint density at radius 3 is 2.82 bits per heavy atom. The zero-order chi connectivity index (χ0) is 12.3. The molecule has 0 amide bonds. The van der Waals surface area contributed by atoms with Gasteiger partial charge >= 0.3 is 0 Å². The first-order valence-electron chi connectivity index (χ1n) is 6.42. The summed E-state index contributed by atoms with van der Waals surface area (Å²) in [6.45, 7) is 6.14. The predicted octanol–water partition coefficient (Wildman–Crippen LogP) is 1.67. The molecule has 1 atom stereocenters. The molecule has 0 radical (unpaired) electrons. The molecule has 1 aliphatic heterocycles. The number of anilines is 1. The first-order chi connectivity index (χ1) is 8.15. The van der Waals surface area contributed by atoms with Gasteiger partial charge in [0.05, 0.1) is 0 Å². The van der Waals surface area contributed by atoms with Crippen molar-refractivity contribution in [2.24, 2.45) is 0 Å². The Morgan fingerprint density at radius 2 is 2.18 bits per heavy atom. The fourth-order valence-electron chi connectivity index (χ4n) is 2.40. The number of hydrogen-bond acceptors (Lipinski definition) is 4. The van der Waals surface area contributed by atoms with E-state index >= 15 is 0 Å². The third-order valence-corrected chi connectivity index (χ3v) is 3.25.